The first kappa shape index (κ1) is 16.6. The van der Waals surface area contributed by atoms with Gasteiger partial charge in [-0.3, -0.25) is 0 Å². The second-order valence-corrected chi connectivity index (χ2v) is 7.12. The summed E-state index contributed by atoms with van der Waals surface area (Å²) >= 11 is 0. The number of hydrogen-bond acceptors (Lipinski definition) is 5. The topological polar surface area (TPSA) is 73.9 Å². The van der Waals surface area contributed by atoms with Crippen molar-refractivity contribution >= 4 is 10.0 Å². The molecule has 0 aromatic heterocycles. The van der Waals surface area contributed by atoms with Crippen LogP contribution < -0.4 is 18.9 Å². The zero-order valence-electron chi connectivity index (χ0n) is 13.5. The summed E-state index contributed by atoms with van der Waals surface area (Å²) in [6, 6.07) is 10.3. The number of sulfonamides is 1. The summed E-state index contributed by atoms with van der Waals surface area (Å²) in [5.74, 6) is 1.65. The van der Waals surface area contributed by atoms with Crippen LogP contribution in [0, 0.1) is 0 Å². The zero-order valence-corrected chi connectivity index (χ0v) is 14.4. The molecule has 0 spiro atoms. The van der Waals surface area contributed by atoms with Gasteiger partial charge in [0.15, 0.2) is 0 Å². The normalized spacial score (nSPS) is 13.2. The van der Waals surface area contributed by atoms with Crippen molar-refractivity contribution in [1.82, 2.24) is 4.72 Å². The Hall–Kier alpha value is -2.25. The van der Waals surface area contributed by atoms with Crippen molar-refractivity contribution in [2.75, 3.05) is 20.8 Å². The van der Waals surface area contributed by atoms with Gasteiger partial charge < -0.3 is 14.2 Å². The average molecular weight is 349 g/mol. The van der Waals surface area contributed by atoms with E-state index < -0.39 is 10.0 Å². The molecule has 0 saturated heterocycles. The van der Waals surface area contributed by atoms with Crippen molar-refractivity contribution in [3.8, 4) is 17.2 Å². The third-order valence-corrected chi connectivity index (χ3v) is 5.32. The summed E-state index contributed by atoms with van der Waals surface area (Å²) in [7, 11) is -0.765. The summed E-state index contributed by atoms with van der Waals surface area (Å²) in [4.78, 5) is 0.0790. The highest BCUT2D eigenvalue weighted by Gasteiger charge is 2.20. The van der Waals surface area contributed by atoms with Gasteiger partial charge in [-0.25, -0.2) is 13.1 Å². The SMILES string of the molecule is COc1ccc(S(=O)(=O)NCc2ccc3c(c2)CCO3)c(OC)c1. The van der Waals surface area contributed by atoms with Gasteiger partial charge in [0.2, 0.25) is 10.0 Å². The highest BCUT2D eigenvalue weighted by molar-refractivity contribution is 7.89. The summed E-state index contributed by atoms with van der Waals surface area (Å²) in [5.41, 5.74) is 1.99. The number of methoxy groups -OCH3 is 2. The molecule has 0 unspecified atom stereocenters. The smallest absolute Gasteiger partial charge is 0.244 e. The lowest BCUT2D eigenvalue weighted by atomic mass is 10.1. The molecule has 0 bridgehead atoms. The monoisotopic (exact) mass is 349 g/mol. The maximum atomic E-state index is 12.6. The van der Waals surface area contributed by atoms with Crippen LogP contribution in [0.2, 0.25) is 0 Å². The number of hydrogen-bond donors (Lipinski definition) is 1. The molecule has 1 aliphatic rings. The minimum atomic E-state index is -3.70. The lowest BCUT2D eigenvalue weighted by Crippen LogP contribution is -2.23. The zero-order chi connectivity index (χ0) is 17.2. The molecule has 1 N–H and O–H groups in total. The Morgan fingerprint density at radius 2 is 1.96 bits per heavy atom. The molecule has 0 amide bonds. The van der Waals surface area contributed by atoms with Crippen LogP contribution >= 0.6 is 0 Å². The predicted molar refractivity (Wildman–Crippen MR) is 89.2 cm³/mol. The number of fused-ring (bicyclic) bond motifs is 1. The average Bonchev–Trinajstić information content (AvgIpc) is 3.07. The van der Waals surface area contributed by atoms with Gasteiger partial charge in [-0.05, 0) is 29.3 Å². The summed E-state index contributed by atoms with van der Waals surface area (Å²) in [6.07, 6.45) is 0.849. The second-order valence-electron chi connectivity index (χ2n) is 5.38. The van der Waals surface area contributed by atoms with E-state index in [1.807, 2.05) is 18.2 Å². The van der Waals surface area contributed by atoms with E-state index in [9.17, 15) is 8.42 Å². The van der Waals surface area contributed by atoms with E-state index in [1.165, 1.54) is 20.3 Å². The molecular weight excluding hydrogens is 330 g/mol. The van der Waals surface area contributed by atoms with Crippen LogP contribution in [-0.2, 0) is 23.0 Å². The van der Waals surface area contributed by atoms with Gasteiger partial charge >= 0.3 is 0 Å². The molecule has 0 atom stereocenters. The van der Waals surface area contributed by atoms with Crippen molar-refractivity contribution in [1.29, 1.82) is 0 Å². The molecule has 0 fully saturated rings. The highest BCUT2D eigenvalue weighted by Crippen LogP contribution is 2.29. The van der Waals surface area contributed by atoms with E-state index in [0.29, 0.717) is 12.4 Å². The van der Waals surface area contributed by atoms with Crippen LogP contribution in [0.3, 0.4) is 0 Å². The fraction of sp³-hybridized carbons (Fsp3) is 0.294. The Morgan fingerprint density at radius 1 is 1.12 bits per heavy atom. The molecule has 6 nitrogen and oxygen atoms in total. The van der Waals surface area contributed by atoms with Crippen molar-refractivity contribution in [2.24, 2.45) is 0 Å². The minimum Gasteiger partial charge on any atom is -0.497 e. The third-order valence-electron chi connectivity index (χ3n) is 3.88. The van der Waals surface area contributed by atoms with Crippen molar-refractivity contribution < 1.29 is 22.6 Å². The molecule has 1 aliphatic heterocycles. The maximum absolute atomic E-state index is 12.6. The van der Waals surface area contributed by atoms with E-state index in [0.717, 1.165) is 23.3 Å². The second kappa shape index (κ2) is 6.70. The Labute approximate surface area is 141 Å². The number of ether oxygens (including phenoxy) is 3. The van der Waals surface area contributed by atoms with Gasteiger partial charge in [-0.2, -0.15) is 0 Å². The van der Waals surface area contributed by atoms with Crippen LogP contribution in [0.15, 0.2) is 41.3 Å². The fourth-order valence-electron chi connectivity index (χ4n) is 2.60. The summed E-state index contributed by atoms with van der Waals surface area (Å²) in [5, 5.41) is 0. The Bertz CT molecular complexity index is 848. The summed E-state index contributed by atoms with van der Waals surface area (Å²) in [6.45, 7) is 0.873. The molecule has 0 aliphatic carbocycles. The molecule has 7 heteroatoms. The van der Waals surface area contributed by atoms with Crippen molar-refractivity contribution in [2.45, 2.75) is 17.9 Å². The van der Waals surface area contributed by atoms with Crippen LogP contribution in [-0.4, -0.2) is 29.2 Å². The van der Waals surface area contributed by atoms with Gasteiger partial charge in [0, 0.05) is 19.0 Å². The van der Waals surface area contributed by atoms with Crippen LogP contribution in [0.5, 0.6) is 17.2 Å². The third kappa shape index (κ3) is 3.32. The first-order valence-corrected chi connectivity index (χ1v) is 8.98. The van der Waals surface area contributed by atoms with E-state index in [-0.39, 0.29) is 17.2 Å². The Morgan fingerprint density at radius 3 is 2.71 bits per heavy atom. The van der Waals surface area contributed by atoms with Gasteiger partial charge in [0.05, 0.1) is 20.8 Å². The molecular formula is C17H19NO5S. The lowest BCUT2D eigenvalue weighted by Gasteiger charge is -2.12. The molecule has 128 valence electrons. The van der Waals surface area contributed by atoms with E-state index in [1.54, 1.807) is 12.1 Å². The number of rotatable bonds is 6. The van der Waals surface area contributed by atoms with Crippen molar-refractivity contribution in [3.63, 3.8) is 0 Å². The molecule has 2 aromatic rings. The highest BCUT2D eigenvalue weighted by atomic mass is 32.2. The van der Waals surface area contributed by atoms with Crippen LogP contribution in [0.4, 0.5) is 0 Å². The molecule has 0 saturated carbocycles. The maximum Gasteiger partial charge on any atom is 0.244 e. The van der Waals surface area contributed by atoms with E-state index >= 15 is 0 Å². The van der Waals surface area contributed by atoms with E-state index in [2.05, 4.69) is 4.72 Å². The van der Waals surface area contributed by atoms with Crippen molar-refractivity contribution in [3.05, 3.63) is 47.5 Å². The van der Waals surface area contributed by atoms with Gasteiger partial charge in [-0.1, -0.05) is 12.1 Å². The summed E-state index contributed by atoms with van der Waals surface area (Å²) < 4.78 is 43.4. The van der Waals surface area contributed by atoms with Gasteiger partial charge in [0.1, 0.15) is 22.1 Å². The molecule has 0 radical (unpaired) electrons. The molecule has 2 aromatic carbocycles. The van der Waals surface area contributed by atoms with E-state index in [4.69, 9.17) is 14.2 Å². The lowest BCUT2D eigenvalue weighted by molar-refractivity contribution is 0.357. The number of nitrogens with one attached hydrogen (secondary N) is 1. The predicted octanol–water partition coefficient (Wildman–Crippen LogP) is 2.12. The van der Waals surface area contributed by atoms with Crippen LogP contribution in [0.1, 0.15) is 11.1 Å². The minimum absolute atomic E-state index is 0.0790. The Kier molecular flexibility index (Phi) is 4.64. The van der Waals surface area contributed by atoms with Gasteiger partial charge in [-0.15, -0.1) is 0 Å². The quantitative estimate of drug-likeness (QED) is 0.865. The molecule has 24 heavy (non-hydrogen) atoms. The number of benzene rings is 2. The Balaban J connectivity index is 1.79. The standard InChI is InChI=1S/C17H19NO5S/c1-21-14-4-6-17(16(10-14)22-2)24(19,20)18-11-12-3-5-15-13(9-12)7-8-23-15/h3-6,9-10,18H,7-8,11H2,1-2H3. The van der Waals surface area contributed by atoms with Crippen LogP contribution in [0.25, 0.3) is 0 Å². The first-order chi connectivity index (χ1) is 11.5. The fourth-order valence-corrected chi connectivity index (χ4v) is 3.77. The largest absolute Gasteiger partial charge is 0.497 e. The molecule has 3 rings (SSSR count). The molecule has 1 heterocycles. The first-order valence-electron chi connectivity index (χ1n) is 7.50. The van der Waals surface area contributed by atoms with Gasteiger partial charge in [0.25, 0.3) is 0 Å².